The molecule has 4 nitrogen and oxygen atoms in total. The maximum Gasteiger partial charge on any atom is 0.320 e. The summed E-state index contributed by atoms with van der Waals surface area (Å²) in [6, 6.07) is 10.7. The van der Waals surface area contributed by atoms with Gasteiger partial charge in [-0.1, -0.05) is 25.1 Å². The number of piperidine rings is 1. The SMILES string of the molecule is CCOC(=O)CN1CCCC(CC)(CCc2cc3ccccc3[nH]2)C1. The van der Waals surface area contributed by atoms with Crippen LogP contribution in [-0.4, -0.2) is 42.1 Å². The van der Waals surface area contributed by atoms with E-state index in [1.54, 1.807) is 0 Å². The number of fused-ring (bicyclic) bond motifs is 1. The Morgan fingerprint density at radius 1 is 1.32 bits per heavy atom. The van der Waals surface area contributed by atoms with Crippen LogP contribution in [0.5, 0.6) is 0 Å². The Hall–Kier alpha value is -1.81. The Morgan fingerprint density at radius 3 is 2.92 bits per heavy atom. The monoisotopic (exact) mass is 342 g/mol. The van der Waals surface area contributed by atoms with E-state index in [0.29, 0.717) is 18.6 Å². The molecule has 0 aliphatic carbocycles. The van der Waals surface area contributed by atoms with Gasteiger partial charge in [0.15, 0.2) is 0 Å². The predicted octanol–water partition coefficient (Wildman–Crippen LogP) is 4.16. The van der Waals surface area contributed by atoms with Crippen LogP contribution in [0.1, 0.15) is 45.2 Å². The molecule has 25 heavy (non-hydrogen) atoms. The standard InChI is InChI=1S/C21H30N2O2/c1-3-21(11-7-13-23(16-21)15-20(24)25-4-2)12-10-18-14-17-8-5-6-9-19(17)22-18/h5-6,8-9,14,22H,3-4,7,10-13,15-16H2,1-2H3. The molecule has 3 rings (SSSR count). The van der Waals surface area contributed by atoms with Crippen molar-refractivity contribution in [1.29, 1.82) is 0 Å². The number of H-pyrrole nitrogens is 1. The van der Waals surface area contributed by atoms with Crippen molar-refractivity contribution in [3.63, 3.8) is 0 Å². The van der Waals surface area contributed by atoms with Gasteiger partial charge in [-0.3, -0.25) is 9.69 Å². The fourth-order valence-electron chi connectivity index (χ4n) is 4.17. The molecule has 0 spiro atoms. The molecule has 1 unspecified atom stereocenters. The van der Waals surface area contributed by atoms with Crippen LogP contribution in [0.2, 0.25) is 0 Å². The molecule has 1 atom stereocenters. The van der Waals surface area contributed by atoms with E-state index in [-0.39, 0.29) is 5.97 Å². The van der Waals surface area contributed by atoms with Gasteiger partial charge in [0.05, 0.1) is 13.2 Å². The third-order valence-electron chi connectivity index (χ3n) is 5.66. The Labute approximate surface area is 150 Å². The van der Waals surface area contributed by atoms with Gasteiger partial charge in [0.1, 0.15) is 0 Å². The number of aryl methyl sites for hydroxylation is 1. The summed E-state index contributed by atoms with van der Waals surface area (Å²) in [6.07, 6.45) is 5.81. The van der Waals surface area contributed by atoms with Crippen LogP contribution < -0.4 is 0 Å². The Bertz CT molecular complexity index is 676. The zero-order valence-electron chi connectivity index (χ0n) is 15.5. The molecule has 2 heterocycles. The lowest BCUT2D eigenvalue weighted by atomic mass is 9.74. The molecule has 1 aliphatic heterocycles. The highest BCUT2D eigenvalue weighted by atomic mass is 16.5. The minimum atomic E-state index is -0.0926. The van der Waals surface area contributed by atoms with Crippen LogP contribution in [0.25, 0.3) is 10.9 Å². The summed E-state index contributed by atoms with van der Waals surface area (Å²) in [5.74, 6) is -0.0926. The lowest BCUT2D eigenvalue weighted by molar-refractivity contribution is -0.145. The van der Waals surface area contributed by atoms with Crippen LogP contribution in [0.15, 0.2) is 30.3 Å². The Morgan fingerprint density at radius 2 is 2.16 bits per heavy atom. The third-order valence-corrected chi connectivity index (χ3v) is 5.66. The highest BCUT2D eigenvalue weighted by Crippen LogP contribution is 2.38. The number of ether oxygens (including phenoxy) is 1. The zero-order chi connectivity index (χ0) is 17.7. The van der Waals surface area contributed by atoms with E-state index >= 15 is 0 Å². The Kier molecular flexibility index (Phi) is 5.79. The van der Waals surface area contributed by atoms with Crippen LogP contribution >= 0.6 is 0 Å². The molecule has 136 valence electrons. The molecule has 1 fully saturated rings. The number of hydrogen-bond donors (Lipinski definition) is 1. The second-order valence-electron chi connectivity index (χ2n) is 7.35. The summed E-state index contributed by atoms with van der Waals surface area (Å²) in [4.78, 5) is 17.7. The van der Waals surface area contributed by atoms with Gasteiger partial charge in [0.2, 0.25) is 0 Å². The molecular formula is C21H30N2O2. The summed E-state index contributed by atoms with van der Waals surface area (Å²) in [6.45, 7) is 7.06. The highest BCUT2D eigenvalue weighted by molar-refractivity contribution is 5.80. The number of aromatic amines is 1. The van der Waals surface area contributed by atoms with E-state index in [1.165, 1.54) is 29.4 Å². The summed E-state index contributed by atoms with van der Waals surface area (Å²) in [5.41, 5.74) is 2.84. The molecule has 4 heteroatoms. The molecule has 1 saturated heterocycles. The first-order chi connectivity index (χ1) is 12.1. The number of aromatic nitrogens is 1. The number of hydrogen-bond acceptors (Lipinski definition) is 3. The summed E-state index contributed by atoms with van der Waals surface area (Å²) in [5, 5.41) is 1.29. The van der Waals surface area contributed by atoms with E-state index < -0.39 is 0 Å². The van der Waals surface area contributed by atoms with Crippen molar-refractivity contribution in [2.75, 3.05) is 26.2 Å². The average Bonchev–Trinajstić information content (AvgIpc) is 3.03. The van der Waals surface area contributed by atoms with Crippen LogP contribution in [0.3, 0.4) is 0 Å². The normalized spacial score (nSPS) is 21.5. The van der Waals surface area contributed by atoms with E-state index in [0.717, 1.165) is 32.4 Å². The van der Waals surface area contributed by atoms with Gasteiger partial charge < -0.3 is 9.72 Å². The van der Waals surface area contributed by atoms with Crippen molar-refractivity contribution in [3.05, 3.63) is 36.0 Å². The third kappa shape index (κ3) is 4.43. The van der Waals surface area contributed by atoms with Crippen LogP contribution in [0.4, 0.5) is 0 Å². The lowest BCUT2D eigenvalue weighted by Crippen LogP contribution is -2.45. The highest BCUT2D eigenvalue weighted by Gasteiger charge is 2.34. The average molecular weight is 342 g/mol. The number of benzene rings is 1. The number of carbonyl (C=O) groups excluding carboxylic acids is 1. The first-order valence-electron chi connectivity index (χ1n) is 9.59. The second-order valence-corrected chi connectivity index (χ2v) is 7.35. The quantitative estimate of drug-likeness (QED) is 0.769. The van der Waals surface area contributed by atoms with Gasteiger partial charge in [-0.2, -0.15) is 0 Å². The number of likely N-dealkylation sites (tertiary alicyclic amines) is 1. The van der Waals surface area contributed by atoms with E-state index in [1.807, 2.05) is 6.92 Å². The lowest BCUT2D eigenvalue weighted by Gasteiger charge is -2.42. The van der Waals surface area contributed by atoms with Crippen molar-refractivity contribution in [2.24, 2.45) is 5.41 Å². The number of nitrogens with zero attached hydrogens (tertiary/aromatic N) is 1. The number of nitrogens with one attached hydrogen (secondary N) is 1. The van der Waals surface area contributed by atoms with Crippen LogP contribution in [-0.2, 0) is 16.0 Å². The molecule has 1 aliphatic rings. The molecule has 0 amide bonds. The zero-order valence-corrected chi connectivity index (χ0v) is 15.5. The van der Waals surface area contributed by atoms with Crippen molar-refractivity contribution in [3.8, 4) is 0 Å². The largest absolute Gasteiger partial charge is 0.465 e. The summed E-state index contributed by atoms with van der Waals surface area (Å²) in [7, 11) is 0. The maximum absolute atomic E-state index is 11.8. The smallest absolute Gasteiger partial charge is 0.320 e. The van der Waals surface area contributed by atoms with Gasteiger partial charge in [0, 0.05) is 17.8 Å². The fourth-order valence-corrected chi connectivity index (χ4v) is 4.17. The summed E-state index contributed by atoms with van der Waals surface area (Å²) < 4.78 is 5.12. The van der Waals surface area contributed by atoms with E-state index in [9.17, 15) is 4.79 Å². The minimum absolute atomic E-state index is 0.0926. The maximum atomic E-state index is 11.8. The minimum Gasteiger partial charge on any atom is -0.465 e. The van der Waals surface area contributed by atoms with Crippen molar-refractivity contribution < 1.29 is 9.53 Å². The molecule has 1 aromatic carbocycles. The molecule has 2 aromatic rings. The number of para-hydroxylation sites is 1. The summed E-state index contributed by atoms with van der Waals surface area (Å²) >= 11 is 0. The molecular weight excluding hydrogens is 312 g/mol. The van der Waals surface area contributed by atoms with Gasteiger partial charge in [-0.15, -0.1) is 0 Å². The topological polar surface area (TPSA) is 45.3 Å². The molecule has 0 radical (unpaired) electrons. The predicted molar refractivity (Wildman–Crippen MR) is 102 cm³/mol. The Balaban J connectivity index is 1.62. The van der Waals surface area contributed by atoms with E-state index in [4.69, 9.17) is 4.74 Å². The molecule has 0 saturated carbocycles. The molecule has 1 N–H and O–H groups in total. The van der Waals surface area contributed by atoms with Gasteiger partial charge in [0.25, 0.3) is 0 Å². The molecule has 0 bridgehead atoms. The van der Waals surface area contributed by atoms with Gasteiger partial charge >= 0.3 is 5.97 Å². The number of rotatable bonds is 7. The van der Waals surface area contributed by atoms with E-state index in [2.05, 4.69) is 47.1 Å². The van der Waals surface area contributed by atoms with Gasteiger partial charge in [-0.05, 0) is 68.5 Å². The first-order valence-corrected chi connectivity index (χ1v) is 9.59. The first kappa shape index (κ1) is 18.0. The van der Waals surface area contributed by atoms with Crippen molar-refractivity contribution >= 4 is 16.9 Å². The van der Waals surface area contributed by atoms with Crippen molar-refractivity contribution in [1.82, 2.24) is 9.88 Å². The van der Waals surface area contributed by atoms with Crippen LogP contribution in [0, 0.1) is 5.41 Å². The molecule has 1 aromatic heterocycles. The van der Waals surface area contributed by atoms with Crippen molar-refractivity contribution in [2.45, 2.75) is 46.0 Å². The fraction of sp³-hybridized carbons (Fsp3) is 0.571. The number of carbonyl (C=O) groups is 1. The van der Waals surface area contributed by atoms with Gasteiger partial charge in [-0.25, -0.2) is 0 Å². The second kappa shape index (κ2) is 8.05. The number of esters is 1.